The van der Waals surface area contributed by atoms with E-state index in [4.69, 9.17) is 21.7 Å². The molecule has 378 valence electrons. The van der Waals surface area contributed by atoms with Crippen LogP contribution in [0.25, 0.3) is 21.7 Å². The van der Waals surface area contributed by atoms with Crippen molar-refractivity contribution in [2.24, 2.45) is 5.41 Å². The van der Waals surface area contributed by atoms with Crippen molar-refractivity contribution in [3.05, 3.63) is 112 Å². The largest absolute Gasteiger partial charge is 0.490 e. The molecule has 72 heavy (non-hydrogen) atoms. The molecule has 4 amide bonds. The Morgan fingerprint density at radius 3 is 2.35 bits per heavy atom. The van der Waals surface area contributed by atoms with E-state index in [9.17, 15) is 37.6 Å². The number of carbonyl (C=O) groups is 4. The third-order valence-electron chi connectivity index (χ3n) is 12.3. The first kappa shape index (κ1) is 52.9. The van der Waals surface area contributed by atoms with Crippen molar-refractivity contribution in [2.75, 3.05) is 36.2 Å². The molecule has 0 bridgehead atoms. The maximum absolute atomic E-state index is 15.4. The molecule has 4 heterocycles. The van der Waals surface area contributed by atoms with E-state index in [1.165, 1.54) is 60.2 Å². The second-order valence-electron chi connectivity index (χ2n) is 18.8. The van der Waals surface area contributed by atoms with Crippen LogP contribution in [0.3, 0.4) is 0 Å². The highest BCUT2D eigenvalue weighted by molar-refractivity contribution is 7.81. The van der Waals surface area contributed by atoms with E-state index < -0.39 is 69.5 Å². The SMILES string of the molecule is Cc1ncsc1-c1ccc(CNC(=O)C2CCCN2C(=O)C(NC(=O)COCCCOc2ccc(-c3ccc(N4C(=S)N(c5ccc(C#N)c(C(F)(F)F)c5F)C(=O)C4(C)C)cn3)cc2F)C(C)(C)C)cc1. The smallest absolute Gasteiger partial charge is 0.420 e. The fourth-order valence-corrected chi connectivity index (χ4v) is 9.83. The number of benzene rings is 3. The number of thiazole rings is 1. The van der Waals surface area contributed by atoms with Crippen molar-refractivity contribution in [3.8, 4) is 33.5 Å². The van der Waals surface area contributed by atoms with Gasteiger partial charge in [0.2, 0.25) is 17.7 Å². The third kappa shape index (κ3) is 11.2. The number of alkyl halides is 3. The predicted molar refractivity (Wildman–Crippen MR) is 264 cm³/mol. The summed E-state index contributed by atoms with van der Waals surface area (Å²) in [6, 6.07) is 16.5. The van der Waals surface area contributed by atoms with E-state index in [-0.39, 0.29) is 54.6 Å². The number of pyridine rings is 1. The van der Waals surface area contributed by atoms with Gasteiger partial charge in [-0.1, -0.05) is 45.0 Å². The molecule has 2 aliphatic rings. The van der Waals surface area contributed by atoms with Gasteiger partial charge in [0.05, 0.1) is 64.2 Å². The summed E-state index contributed by atoms with van der Waals surface area (Å²) in [7, 11) is 0. The summed E-state index contributed by atoms with van der Waals surface area (Å²) in [5, 5.41) is 14.6. The number of aryl methyl sites for hydroxylation is 1. The molecule has 2 aromatic heterocycles. The molecule has 2 fully saturated rings. The Labute approximate surface area is 422 Å². The van der Waals surface area contributed by atoms with Crippen molar-refractivity contribution < 1.29 is 50.6 Å². The number of anilines is 2. The minimum Gasteiger partial charge on any atom is -0.490 e. The summed E-state index contributed by atoms with van der Waals surface area (Å²) < 4.78 is 83.3. The van der Waals surface area contributed by atoms with Gasteiger partial charge in [0.15, 0.2) is 22.5 Å². The van der Waals surface area contributed by atoms with Gasteiger partial charge in [-0.25, -0.2) is 13.8 Å². The Hall–Kier alpha value is -6.89. The first-order chi connectivity index (χ1) is 34.0. The van der Waals surface area contributed by atoms with E-state index in [1.54, 1.807) is 22.9 Å². The van der Waals surface area contributed by atoms with E-state index >= 15 is 8.78 Å². The van der Waals surface area contributed by atoms with Crippen LogP contribution in [0.15, 0.2) is 78.4 Å². The third-order valence-corrected chi connectivity index (χ3v) is 13.6. The standard InChI is InChI=1S/C51H51F5N8O6S2/c1-29-43(72-28-60-29)31-12-10-30(11-13-31)25-59-45(66)38-9-7-20-62(38)46(67)44(49(2,3)4)61-40(65)27-69-21-8-22-70-39-19-15-32(23-35(39)52)36-17-16-34(26-58-36)64-48(71)63(47(68)50(64,5)6)37-18-14-33(24-57)41(42(37)53)51(54,55)56/h10-19,23,26,28,38,44H,7-9,20-22,25,27H2,1-6H3,(H,59,66)(H,61,65). The lowest BCUT2D eigenvalue weighted by Crippen LogP contribution is -2.58. The number of hydrogen-bond acceptors (Lipinski definition) is 11. The van der Waals surface area contributed by atoms with Crippen LogP contribution < -0.4 is 25.2 Å². The lowest BCUT2D eigenvalue weighted by Gasteiger charge is -2.35. The van der Waals surface area contributed by atoms with Gasteiger partial charge in [0.1, 0.15) is 29.8 Å². The normalized spacial score (nSPS) is 16.2. The molecule has 2 atom stereocenters. The minimum atomic E-state index is -5.23. The van der Waals surface area contributed by atoms with Crippen molar-refractivity contribution in [2.45, 2.75) is 91.1 Å². The minimum absolute atomic E-state index is 0.0371. The number of nitrogens with one attached hydrogen (secondary N) is 2. The van der Waals surface area contributed by atoms with Crippen LogP contribution in [-0.4, -0.2) is 87.6 Å². The van der Waals surface area contributed by atoms with Gasteiger partial charge in [0, 0.05) is 25.1 Å². The second kappa shape index (κ2) is 21.4. The summed E-state index contributed by atoms with van der Waals surface area (Å²) >= 11 is 7.07. The zero-order valence-corrected chi connectivity index (χ0v) is 41.8. The fraction of sp³-hybridized carbons (Fsp3) is 0.373. The predicted octanol–water partition coefficient (Wildman–Crippen LogP) is 8.89. The summed E-state index contributed by atoms with van der Waals surface area (Å²) in [5.41, 5.74) is -0.0967. The van der Waals surface area contributed by atoms with Crippen LogP contribution in [0, 0.1) is 35.3 Å². The average molecular weight is 1030 g/mol. The van der Waals surface area contributed by atoms with E-state index in [0.717, 1.165) is 33.8 Å². The van der Waals surface area contributed by atoms with Gasteiger partial charge in [-0.3, -0.25) is 29.1 Å². The molecule has 2 saturated heterocycles. The second-order valence-corrected chi connectivity index (χ2v) is 20.0. The lowest BCUT2D eigenvalue weighted by atomic mass is 9.85. The lowest BCUT2D eigenvalue weighted by molar-refractivity contribution is -0.144. The number of nitrogens with zero attached hydrogens (tertiary/aromatic N) is 6. The zero-order valence-electron chi connectivity index (χ0n) is 40.2. The van der Waals surface area contributed by atoms with Gasteiger partial charge < -0.3 is 29.9 Å². The van der Waals surface area contributed by atoms with Crippen molar-refractivity contribution in [1.29, 1.82) is 5.26 Å². The topological polar surface area (TPSA) is 170 Å². The molecule has 0 spiro atoms. The molecule has 0 aliphatic carbocycles. The van der Waals surface area contributed by atoms with E-state index in [0.29, 0.717) is 42.1 Å². The number of carbonyl (C=O) groups excluding carboxylic acids is 4. The Kier molecular flexibility index (Phi) is 15.8. The number of nitriles is 1. The van der Waals surface area contributed by atoms with E-state index in [1.807, 2.05) is 52.0 Å². The molecular weight excluding hydrogens is 980 g/mol. The Morgan fingerprint density at radius 2 is 1.72 bits per heavy atom. The van der Waals surface area contributed by atoms with Gasteiger partial charge in [-0.15, -0.1) is 11.3 Å². The molecule has 14 nitrogen and oxygen atoms in total. The Balaban J connectivity index is 0.874. The first-order valence-electron chi connectivity index (χ1n) is 22.8. The van der Waals surface area contributed by atoms with Gasteiger partial charge in [-0.05, 0) is 105 Å². The molecule has 0 saturated carbocycles. The van der Waals surface area contributed by atoms with Crippen molar-refractivity contribution >= 4 is 63.7 Å². The number of hydrogen-bond donors (Lipinski definition) is 2. The number of halogens is 5. The molecule has 21 heteroatoms. The zero-order chi connectivity index (χ0) is 52.3. The fourth-order valence-electron chi connectivity index (χ4n) is 8.50. The average Bonchev–Trinajstić information content (AvgIpc) is 4.04. The highest BCUT2D eigenvalue weighted by Crippen LogP contribution is 2.42. The van der Waals surface area contributed by atoms with Crippen molar-refractivity contribution in [3.63, 3.8) is 0 Å². The molecule has 2 N–H and O–H groups in total. The highest BCUT2D eigenvalue weighted by atomic mass is 32.1. The summed E-state index contributed by atoms with van der Waals surface area (Å²) in [5.74, 6) is -4.55. The monoisotopic (exact) mass is 1030 g/mol. The van der Waals surface area contributed by atoms with Crippen molar-refractivity contribution in [1.82, 2.24) is 25.5 Å². The molecule has 3 aromatic carbocycles. The highest BCUT2D eigenvalue weighted by Gasteiger charge is 2.52. The van der Waals surface area contributed by atoms with Crippen LogP contribution in [0.2, 0.25) is 0 Å². The number of ether oxygens (including phenoxy) is 2. The molecule has 2 unspecified atom stereocenters. The number of amides is 4. The van der Waals surface area contributed by atoms with Crippen LogP contribution in [-0.2, 0) is 36.6 Å². The quantitative estimate of drug-likeness (QED) is 0.0550. The Morgan fingerprint density at radius 1 is 1.00 bits per heavy atom. The van der Waals surface area contributed by atoms with Crippen LogP contribution in [0.4, 0.5) is 33.3 Å². The van der Waals surface area contributed by atoms with Gasteiger partial charge >= 0.3 is 6.18 Å². The maximum Gasteiger partial charge on any atom is 0.420 e. The maximum atomic E-state index is 15.4. The summed E-state index contributed by atoms with van der Waals surface area (Å²) in [4.78, 5) is 67.3. The van der Waals surface area contributed by atoms with Crippen LogP contribution >= 0.6 is 23.6 Å². The number of thiocarbonyl (C=S) groups is 1. The van der Waals surface area contributed by atoms with Crippen LogP contribution in [0.1, 0.15) is 76.3 Å². The van der Waals surface area contributed by atoms with Gasteiger partial charge in [0.25, 0.3) is 5.91 Å². The molecular formula is C51H51F5N8O6S2. The number of likely N-dealkylation sites (tertiary alicyclic amines) is 1. The first-order valence-corrected chi connectivity index (χ1v) is 24.1. The molecule has 5 aromatic rings. The molecule has 2 aliphatic heterocycles. The van der Waals surface area contributed by atoms with E-state index in [2.05, 4.69) is 20.6 Å². The molecule has 0 radical (unpaired) electrons. The molecule has 7 rings (SSSR count). The van der Waals surface area contributed by atoms with Gasteiger partial charge in [-0.2, -0.15) is 18.4 Å². The summed E-state index contributed by atoms with van der Waals surface area (Å²) in [6.07, 6.45) is -2.47. The van der Waals surface area contributed by atoms with Crippen LogP contribution in [0.5, 0.6) is 5.75 Å². The number of aromatic nitrogens is 2. The summed E-state index contributed by atoms with van der Waals surface area (Å²) in [6.45, 7) is 10.8. The number of rotatable bonds is 16. The Bertz CT molecular complexity index is 2920.